The number of benzene rings is 1. The van der Waals surface area contributed by atoms with Gasteiger partial charge in [-0.25, -0.2) is 0 Å². The van der Waals surface area contributed by atoms with E-state index in [1.165, 1.54) is 25.7 Å². The summed E-state index contributed by atoms with van der Waals surface area (Å²) < 4.78 is 0. The quantitative estimate of drug-likeness (QED) is 0.748. The highest BCUT2D eigenvalue weighted by Gasteiger charge is 2.17. The highest BCUT2D eigenvalue weighted by atomic mass is 32.2. The summed E-state index contributed by atoms with van der Waals surface area (Å²) in [6, 6.07) is 7.51. The number of rotatable bonds is 3. The lowest BCUT2D eigenvalue weighted by molar-refractivity contribution is 0.112. The van der Waals surface area contributed by atoms with E-state index in [1.54, 1.807) is 23.9 Å². The van der Waals surface area contributed by atoms with Crippen LogP contribution >= 0.6 is 11.8 Å². The van der Waals surface area contributed by atoms with Crippen molar-refractivity contribution in [3.63, 3.8) is 0 Å². The Morgan fingerprint density at radius 1 is 1.38 bits per heavy atom. The smallest absolute Gasteiger partial charge is 0.150 e. The Hall–Kier alpha value is -1.27. The summed E-state index contributed by atoms with van der Waals surface area (Å²) in [5.41, 5.74) is 1.20. The van der Waals surface area contributed by atoms with E-state index < -0.39 is 0 Å². The normalized spacial score (nSPS) is 15.9. The molecule has 16 heavy (non-hydrogen) atoms. The van der Waals surface area contributed by atoms with Crippen molar-refractivity contribution in [1.29, 1.82) is 5.26 Å². The molecule has 0 radical (unpaired) electrons. The number of hydrogen-bond acceptors (Lipinski definition) is 3. The predicted octanol–water partition coefficient (Wildman–Crippen LogP) is 3.41. The van der Waals surface area contributed by atoms with Gasteiger partial charge in [0.1, 0.15) is 12.4 Å². The lowest BCUT2D eigenvalue weighted by Gasteiger charge is -2.09. The second kappa shape index (κ2) is 5.18. The van der Waals surface area contributed by atoms with Gasteiger partial charge in [0.2, 0.25) is 0 Å². The first-order chi connectivity index (χ1) is 7.83. The molecular weight excluding hydrogens is 218 g/mol. The van der Waals surface area contributed by atoms with Crippen molar-refractivity contribution < 1.29 is 4.79 Å². The largest absolute Gasteiger partial charge is 0.298 e. The molecule has 0 N–H and O–H groups in total. The summed E-state index contributed by atoms with van der Waals surface area (Å²) in [5.74, 6) is 0. The van der Waals surface area contributed by atoms with Crippen LogP contribution in [-0.4, -0.2) is 11.5 Å². The van der Waals surface area contributed by atoms with Crippen LogP contribution in [0.25, 0.3) is 0 Å². The molecule has 1 aromatic carbocycles. The van der Waals surface area contributed by atoms with E-state index in [2.05, 4.69) is 6.07 Å². The lowest BCUT2D eigenvalue weighted by atomic mass is 10.1. The first kappa shape index (κ1) is 11.2. The van der Waals surface area contributed by atoms with E-state index in [4.69, 9.17) is 5.26 Å². The minimum absolute atomic E-state index is 0.576. The zero-order chi connectivity index (χ0) is 11.4. The van der Waals surface area contributed by atoms with Gasteiger partial charge < -0.3 is 0 Å². The van der Waals surface area contributed by atoms with Gasteiger partial charge in [-0.05, 0) is 25.0 Å². The van der Waals surface area contributed by atoms with Crippen molar-refractivity contribution in [2.45, 2.75) is 35.8 Å². The fourth-order valence-electron chi connectivity index (χ4n) is 2.00. The highest BCUT2D eigenvalue weighted by molar-refractivity contribution is 8.00. The number of nitriles is 1. The third-order valence-corrected chi connectivity index (χ3v) is 4.27. The van der Waals surface area contributed by atoms with E-state index in [9.17, 15) is 4.79 Å². The monoisotopic (exact) mass is 231 g/mol. The van der Waals surface area contributed by atoms with E-state index in [0.717, 1.165) is 11.2 Å². The SMILES string of the molecule is N#Cc1cc(C=O)ccc1SC1CCCC1. The maximum atomic E-state index is 10.6. The summed E-state index contributed by atoms with van der Waals surface area (Å²) in [6.07, 6.45) is 5.86. The summed E-state index contributed by atoms with van der Waals surface area (Å²) in [6.45, 7) is 0. The minimum Gasteiger partial charge on any atom is -0.298 e. The molecule has 1 saturated carbocycles. The van der Waals surface area contributed by atoms with Crippen molar-refractivity contribution in [1.82, 2.24) is 0 Å². The third-order valence-electron chi connectivity index (χ3n) is 2.86. The number of thioether (sulfide) groups is 1. The van der Waals surface area contributed by atoms with E-state index in [-0.39, 0.29) is 0 Å². The van der Waals surface area contributed by atoms with Gasteiger partial charge in [0.05, 0.1) is 5.56 Å². The molecule has 1 aromatic rings. The van der Waals surface area contributed by atoms with Crippen molar-refractivity contribution in [3.05, 3.63) is 29.3 Å². The fourth-order valence-corrected chi connectivity index (χ4v) is 3.30. The van der Waals surface area contributed by atoms with Crippen LogP contribution in [0.3, 0.4) is 0 Å². The van der Waals surface area contributed by atoms with E-state index in [1.807, 2.05) is 6.07 Å². The standard InChI is InChI=1S/C13H13NOS/c14-8-11-7-10(9-15)5-6-13(11)16-12-3-1-2-4-12/h5-7,9,12H,1-4H2. The summed E-state index contributed by atoms with van der Waals surface area (Å²) in [7, 11) is 0. The van der Waals surface area contributed by atoms with Gasteiger partial charge in [-0.1, -0.05) is 18.9 Å². The van der Waals surface area contributed by atoms with Crippen LogP contribution in [0.4, 0.5) is 0 Å². The van der Waals surface area contributed by atoms with Crippen LogP contribution < -0.4 is 0 Å². The molecule has 1 aliphatic rings. The molecule has 82 valence electrons. The Morgan fingerprint density at radius 2 is 2.12 bits per heavy atom. The second-order valence-electron chi connectivity index (χ2n) is 4.01. The number of carbonyl (C=O) groups excluding carboxylic acids is 1. The molecule has 0 saturated heterocycles. The van der Waals surface area contributed by atoms with Gasteiger partial charge in [0, 0.05) is 15.7 Å². The number of nitrogens with zero attached hydrogens (tertiary/aromatic N) is 1. The number of aldehydes is 1. The Bertz CT molecular complexity index is 430. The molecule has 0 aromatic heterocycles. The van der Waals surface area contributed by atoms with Crippen LogP contribution in [0.2, 0.25) is 0 Å². The van der Waals surface area contributed by atoms with Gasteiger partial charge in [0.15, 0.2) is 0 Å². The molecule has 0 aliphatic heterocycles. The first-order valence-electron chi connectivity index (χ1n) is 5.49. The molecule has 0 spiro atoms. The van der Waals surface area contributed by atoms with E-state index in [0.29, 0.717) is 16.4 Å². The first-order valence-corrected chi connectivity index (χ1v) is 6.37. The Kier molecular flexibility index (Phi) is 3.63. The van der Waals surface area contributed by atoms with Crippen molar-refractivity contribution in [3.8, 4) is 6.07 Å². The van der Waals surface area contributed by atoms with Crippen LogP contribution in [-0.2, 0) is 0 Å². The summed E-state index contributed by atoms with van der Waals surface area (Å²) >= 11 is 1.78. The number of carbonyl (C=O) groups is 1. The maximum Gasteiger partial charge on any atom is 0.150 e. The van der Waals surface area contributed by atoms with Crippen molar-refractivity contribution >= 4 is 18.0 Å². The summed E-state index contributed by atoms with van der Waals surface area (Å²) in [4.78, 5) is 11.6. The molecular formula is C13H13NOS. The molecule has 1 fully saturated rings. The number of hydrogen-bond donors (Lipinski definition) is 0. The minimum atomic E-state index is 0.576. The van der Waals surface area contributed by atoms with Crippen molar-refractivity contribution in [2.75, 3.05) is 0 Å². The molecule has 2 rings (SSSR count). The van der Waals surface area contributed by atoms with Gasteiger partial charge in [-0.2, -0.15) is 5.26 Å². The van der Waals surface area contributed by atoms with Gasteiger partial charge in [-0.15, -0.1) is 11.8 Å². The van der Waals surface area contributed by atoms with Gasteiger partial charge in [-0.3, -0.25) is 4.79 Å². The van der Waals surface area contributed by atoms with Gasteiger partial charge >= 0.3 is 0 Å². The van der Waals surface area contributed by atoms with Crippen LogP contribution in [0.5, 0.6) is 0 Å². The molecule has 1 aliphatic carbocycles. The second-order valence-corrected chi connectivity index (χ2v) is 5.35. The summed E-state index contributed by atoms with van der Waals surface area (Å²) in [5, 5.41) is 9.68. The average molecular weight is 231 g/mol. The van der Waals surface area contributed by atoms with E-state index >= 15 is 0 Å². The van der Waals surface area contributed by atoms with Crippen LogP contribution in [0.15, 0.2) is 23.1 Å². The Balaban J connectivity index is 2.19. The highest BCUT2D eigenvalue weighted by Crippen LogP contribution is 2.36. The molecule has 2 nitrogen and oxygen atoms in total. The third kappa shape index (κ3) is 2.45. The van der Waals surface area contributed by atoms with Crippen molar-refractivity contribution in [2.24, 2.45) is 0 Å². The molecule has 0 heterocycles. The van der Waals surface area contributed by atoms with Crippen LogP contribution in [0, 0.1) is 11.3 Å². The predicted molar refractivity (Wildman–Crippen MR) is 64.7 cm³/mol. The molecule has 0 amide bonds. The lowest BCUT2D eigenvalue weighted by Crippen LogP contribution is -1.95. The molecule has 0 atom stereocenters. The molecule has 3 heteroatoms. The Labute approximate surface area is 99.7 Å². The maximum absolute atomic E-state index is 10.6. The fraction of sp³-hybridized carbons (Fsp3) is 0.385. The average Bonchev–Trinajstić information content (AvgIpc) is 2.82. The topological polar surface area (TPSA) is 40.9 Å². The zero-order valence-corrected chi connectivity index (χ0v) is 9.80. The zero-order valence-electron chi connectivity index (χ0n) is 8.98. The Morgan fingerprint density at radius 3 is 2.75 bits per heavy atom. The molecule has 0 bridgehead atoms. The van der Waals surface area contributed by atoms with Gasteiger partial charge in [0.25, 0.3) is 0 Å². The molecule has 0 unspecified atom stereocenters. The van der Waals surface area contributed by atoms with Crippen LogP contribution in [0.1, 0.15) is 41.6 Å².